The second-order valence-electron chi connectivity index (χ2n) is 4.28. The molecule has 1 N–H and O–H groups in total. The van der Waals surface area contributed by atoms with Crippen molar-refractivity contribution in [1.29, 1.82) is 0 Å². The summed E-state index contributed by atoms with van der Waals surface area (Å²) in [7, 11) is 0. The van der Waals surface area contributed by atoms with Gasteiger partial charge in [-0.3, -0.25) is 4.79 Å². The molecule has 0 radical (unpaired) electrons. The number of aryl methyl sites for hydroxylation is 3. The van der Waals surface area contributed by atoms with Crippen LogP contribution in [-0.2, 0) is 17.8 Å². The molecule has 0 atom stereocenters. The van der Waals surface area contributed by atoms with Gasteiger partial charge in [0.25, 0.3) is 0 Å². The van der Waals surface area contributed by atoms with E-state index in [0.29, 0.717) is 13.0 Å². The Labute approximate surface area is 110 Å². The first kappa shape index (κ1) is 12.8. The zero-order valence-electron chi connectivity index (χ0n) is 10.7. The van der Waals surface area contributed by atoms with Crippen LogP contribution in [-0.4, -0.2) is 11.1 Å². The third-order valence-corrected chi connectivity index (χ3v) is 3.96. The summed E-state index contributed by atoms with van der Waals surface area (Å²) in [5, 5.41) is 8.79. The van der Waals surface area contributed by atoms with Gasteiger partial charge in [-0.1, -0.05) is 5.16 Å². The van der Waals surface area contributed by atoms with Crippen LogP contribution >= 0.6 is 11.3 Å². The van der Waals surface area contributed by atoms with Crippen LogP contribution in [0.3, 0.4) is 0 Å². The average Bonchev–Trinajstić information content (AvgIpc) is 2.87. The van der Waals surface area contributed by atoms with Gasteiger partial charge < -0.3 is 9.84 Å². The summed E-state index contributed by atoms with van der Waals surface area (Å²) in [6.45, 7) is 6.31. The normalized spacial score (nSPS) is 10.6. The number of nitrogens with one attached hydrogen (secondary N) is 1. The Kier molecular flexibility index (Phi) is 3.81. The molecule has 0 aliphatic rings. The number of aromatic nitrogens is 1. The summed E-state index contributed by atoms with van der Waals surface area (Å²) in [5.74, 6) is 0.715. The minimum absolute atomic E-state index is 0.00259. The van der Waals surface area contributed by atoms with Crippen molar-refractivity contribution in [2.45, 2.75) is 33.7 Å². The smallest absolute Gasteiger partial charge is 0.224 e. The second-order valence-corrected chi connectivity index (χ2v) is 5.28. The Morgan fingerprint density at radius 1 is 1.44 bits per heavy atom. The van der Waals surface area contributed by atoms with Gasteiger partial charge >= 0.3 is 0 Å². The zero-order chi connectivity index (χ0) is 13.1. The minimum atomic E-state index is -0.00259. The molecule has 2 rings (SSSR count). The van der Waals surface area contributed by atoms with Crippen molar-refractivity contribution in [2.24, 2.45) is 0 Å². The lowest BCUT2D eigenvalue weighted by Crippen LogP contribution is -2.24. The predicted octanol–water partition coefficient (Wildman–Crippen LogP) is 2.52. The quantitative estimate of drug-likeness (QED) is 0.923. The molecule has 0 fully saturated rings. The number of hydrogen-bond donors (Lipinski definition) is 1. The van der Waals surface area contributed by atoms with Crippen LogP contribution in [0.2, 0.25) is 0 Å². The van der Waals surface area contributed by atoms with Crippen molar-refractivity contribution < 1.29 is 9.32 Å². The molecular weight excluding hydrogens is 248 g/mol. The highest BCUT2D eigenvalue weighted by molar-refractivity contribution is 7.10. The Hall–Kier alpha value is -1.62. The van der Waals surface area contributed by atoms with E-state index in [-0.39, 0.29) is 5.91 Å². The Bertz CT molecular complexity index is 538. The molecule has 0 aliphatic heterocycles. The first-order chi connectivity index (χ1) is 8.58. The lowest BCUT2D eigenvalue weighted by Gasteiger charge is -2.04. The molecule has 4 nitrogen and oxygen atoms in total. The topological polar surface area (TPSA) is 55.1 Å². The maximum atomic E-state index is 11.8. The summed E-state index contributed by atoms with van der Waals surface area (Å²) in [5.41, 5.74) is 2.89. The van der Waals surface area contributed by atoms with Gasteiger partial charge in [0.05, 0.1) is 18.7 Å². The van der Waals surface area contributed by atoms with Crippen LogP contribution in [0.25, 0.3) is 0 Å². The first-order valence-electron chi connectivity index (χ1n) is 5.79. The Balaban J connectivity index is 1.92. The van der Waals surface area contributed by atoms with Crippen molar-refractivity contribution >= 4 is 17.2 Å². The molecule has 0 bridgehead atoms. The molecule has 96 valence electrons. The summed E-state index contributed by atoms with van der Waals surface area (Å²) in [6, 6.07) is 2.06. The van der Waals surface area contributed by atoms with Gasteiger partial charge in [0.1, 0.15) is 5.76 Å². The number of amides is 1. The SMILES string of the molecule is Cc1ccsc1CNC(=O)Cc1c(C)noc1C. The maximum absolute atomic E-state index is 11.8. The number of rotatable bonds is 4. The van der Waals surface area contributed by atoms with Crippen molar-refractivity contribution in [3.05, 3.63) is 38.9 Å². The lowest BCUT2D eigenvalue weighted by atomic mass is 10.1. The van der Waals surface area contributed by atoms with Crippen molar-refractivity contribution in [1.82, 2.24) is 10.5 Å². The van der Waals surface area contributed by atoms with E-state index in [2.05, 4.69) is 16.5 Å². The van der Waals surface area contributed by atoms with E-state index in [9.17, 15) is 4.79 Å². The monoisotopic (exact) mass is 264 g/mol. The average molecular weight is 264 g/mol. The fourth-order valence-electron chi connectivity index (χ4n) is 1.74. The number of nitrogens with zero attached hydrogens (tertiary/aromatic N) is 1. The standard InChI is InChI=1S/C13H16N2O2S/c1-8-4-5-18-12(8)7-14-13(16)6-11-9(2)15-17-10(11)3/h4-5H,6-7H2,1-3H3,(H,14,16). The molecule has 5 heteroatoms. The summed E-state index contributed by atoms with van der Waals surface area (Å²) in [6.07, 6.45) is 0.325. The van der Waals surface area contributed by atoms with E-state index in [0.717, 1.165) is 17.0 Å². The van der Waals surface area contributed by atoms with E-state index in [1.54, 1.807) is 11.3 Å². The second kappa shape index (κ2) is 5.35. The predicted molar refractivity (Wildman–Crippen MR) is 70.6 cm³/mol. The first-order valence-corrected chi connectivity index (χ1v) is 6.67. The van der Waals surface area contributed by atoms with Gasteiger partial charge in [-0.25, -0.2) is 0 Å². The van der Waals surface area contributed by atoms with Gasteiger partial charge in [0.15, 0.2) is 0 Å². The highest BCUT2D eigenvalue weighted by Crippen LogP contribution is 2.16. The van der Waals surface area contributed by atoms with Gasteiger partial charge in [-0.05, 0) is 37.8 Å². The molecule has 18 heavy (non-hydrogen) atoms. The fourth-order valence-corrected chi connectivity index (χ4v) is 2.59. The minimum Gasteiger partial charge on any atom is -0.361 e. The summed E-state index contributed by atoms with van der Waals surface area (Å²) in [4.78, 5) is 13.0. The van der Waals surface area contributed by atoms with Crippen LogP contribution in [0, 0.1) is 20.8 Å². The Morgan fingerprint density at radius 3 is 2.78 bits per heavy atom. The molecule has 0 saturated carbocycles. The van der Waals surface area contributed by atoms with Gasteiger partial charge in [0, 0.05) is 10.4 Å². The molecule has 2 heterocycles. The van der Waals surface area contributed by atoms with E-state index in [1.807, 2.05) is 26.2 Å². The molecular formula is C13H16N2O2S. The third-order valence-electron chi connectivity index (χ3n) is 2.93. The van der Waals surface area contributed by atoms with Gasteiger partial charge in [-0.2, -0.15) is 0 Å². The maximum Gasteiger partial charge on any atom is 0.224 e. The molecule has 0 unspecified atom stereocenters. The van der Waals surface area contributed by atoms with Crippen LogP contribution in [0.5, 0.6) is 0 Å². The van der Waals surface area contributed by atoms with Crippen LogP contribution in [0.15, 0.2) is 16.0 Å². The van der Waals surface area contributed by atoms with Gasteiger partial charge in [-0.15, -0.1) is 11.3 Å². The van der Waals surface area contributed by atoms with Gasteiger partial charge in [0.2, 0.25) is 5.91 Å². The van der Waals surface area contributed by atoms with E-state index >= 15 is 0 Å². The van der Waals surface area contributed by atoms with Crippen molar-refractivity contribution in [3.8, 4) is 0 Å². The van der Waals surface area contributed by atoms with Crippen molar-refractivity contribution in [2.75, 3.05) is 0 Å². The number of hydrogen-bond acceptors (Lipinski definition) is 4. The van der Waals surface area contributed by atoms with Crippen LogP contribution in [0.1, 0.15) is 27.5 Å². The molecule has 0 aromatic carbocycles. The van der Waals surface area contributed by atoms with Crippen molar-refractivity contribution in [3.63, 3.8) is 0 Å². The summed E-state index contributed by atoms with van der Waals surface area (Å²) < 4.78 is 5.04. The highest BCUT2D eigenvalue weighted by atomic mass is 32.1. The number of carbonyl (C=O) groups excluding carboxylic acids is 1. The number of carbonyl (C=O) groups is 1. The number of thiophene rings is 1. The van der Waals surface area contributed by atoms with E-state index in [4.69, 9.17) is 4.52 Å². The summed E-state index contributed by atoms with van der Waals surface area (Å²) >= 11 is 1.66. The molecule has 2 aromatic rings. The molecule has 0 aliphatic carbocycles. The molecule has 0 saturated heterocycles. The fraction of sp³-hybridized carbons (Fsp3) is 0.385. The largest absolute Gasteiger partial charge is 0.361 e. The zero-order valence-corrected chi connectivity index (χ0v) is 11.6. The molecule has 1 amide bonds. The third kappa shape index (κ3) is 2.79. The van der Waals surface area contributed by atoms with E-state index < -0.39 is 0 Å². The molecule has 2 aromatic heterocycles. The molecule has 0 spiro atoms. The highest BCUT2D eigenvalue weighted by Gasteiger charge is 2.13. The van der Waals surface area contributed by atoms with E-state index in [1.165, 1.54) is 10.4 Å². The van der Waals surface area contributed by atoms with Crippen LogP contribution in [0.4, 0.5) is 0 Å². The lowest BCUT2D eigenvalue weighted by molar-refractivity contribution is -0.120. The Morgan fingerprint density at radius 2 is 2.22 bits per heavy atom. The van der Waals surface area contributed by atoms with Crippen LogP contribution < -0.4 is 5.32 Å².